The molecule has 0 aliphatic rings. The van der Waals surface area contributed by atoms with Crippen LogP contribution in [-0.4, -0.2) is 46.9 Å². The largest absolute Gasteiger partial charge is 0.462 e. The van der Waals surface area contributed by atoms with Gasteiger partial charge in [0.2, 0.25) is 5.91 Å². The van der Waals surface area contributed by atoms with E-state index in [1.807, 2.05) is 0 Å². The first-order valence-electron chi connectivity index (χ1n) is 28.7. The van der Waals surface area contributed by atoms with Crippen LogP contribution in [-0.2, 0) is 14.3 Å². The molecule has 6 heteroatoms. The summed E-state index contributed by atoms with van der Waals surface area (Å²) in [5.74, 6) is -0.497. The second-order valence-corrected chi connectivity index (χ2v) is 19.7. The molecule has 0 aromatic heterocycles. The molecule has 6 nitrogen and oxygen atoms in total. The van der Waals surface area contributed by atoms with Gasteiger partial charge in [-0.1, -0.05) is 269 Å². The lowest BCUT2D eigenvalue weighted by Crippen LogP contribution is -2.46. The molecule has 3 unspecified atom stereocenters. The van der Waals surface area contributed by atoms with Gasteiger partial charge in [-0.15, -0.1) is 0 Å². The number of nitrogens with one attached hydrogen (secondary N) is 1. The summed E-state index contributed by atoms with van der Waals surface area (Å²) in [7, 11) is 0. The summed E-state index contributed by atoms with van der Waals surface area (Å²) in [6.45, 7) is 6.40. The highest BCUT2D eigenvalue weighted by Gasteiger charge is 2.24. The minimum atomic E-state index is -0.796. The number of rotatable bonds is 52. The van der Waals surface area contributed by atoms with Gasteiger partial charge in [0, 0.05) is 6.42 Å². The van der Waals surface area contributed by atoms with E-state index in [-0.39, 0.29) is 24.9 Å². The molecule has 0 aliphatic carbocycles. The first kappa shape index (κ1) is 63.1. The van der Waals surface area contributed by atoms with Crippen molar-refractivity contribution >= 4 is 11.9 Å². The Morgan fingerprint density at radius 3 is 1.25 bits per heavy atom. The number of carbonyl (C=O) groups excluding carboxylic acids is 2. The molecule has 1 amide bonds. The monoisotopic (exact) mass is 914 g/mol. The summed E-state index contributed by atoms with van der Waals surface area (Å²) in [5, 5.41) is 23.9. The molecule has 0 aromatic carbocycles. The Hall–Kier alpha value is -1.92. The van der Waals surface area contributed by atoms with Gasteiger partial charge >= 0.3 is 5.97 Å². The van der Waals surface area contributed by atoms with E-state index < -0.39 is 18.2 Å². The van der Waals surface area contributed by atoms with Crippen molar-refractivity contribution in [3.63, 3.8) is 0 Å². The number of unbranched alkanes of at least 4 members (excludes halogenated alkanes) is 34. The van der Waals surface area contributed by atoms with Crippen LogP contribution < -0.4 is 5.32 Å². The molecule has 3 N–H and O–H groups in total. The number of aliphatic hydroxyl groups excluding tert-OH is 2. The van der Waals surface area contributed by atoms with Gasteiger partial charge in [0.1, 0.15) is 6.10 Å². The average Bonchev–Trinajstić information content (AvgIpc) is 3.30. The number of ether oxygens (including phenoxy) is 1. The molecule has 0 heterocycles. The van der Waals surface area contributed by atoms with Crippen LogP contribution >= 0.6 is 0 Å². The van der Waals surface area contributed by atoms with Crippen molar-refractivity contribution in [1.29, 1.82) is 0 Å². The summed E-state index contributed by atoms with van der Waals surface area (Å²) < 4.78 is 5.94. The third kappa shape index (κ3) is 48.3. The summed E-state index contributed by atoms with van der Waals surface area (Å²) in [5.41, 5.74) is 0. The van der Waals surface area contributed by atoms with Crippen LogP contribution in [0.1, 0.15) is 303 Å². The third-order valence-electron chi connectivity index (χ3n) is 13.2. The van der Waals surface area contributed by atoms with E-state index in [0.717, 1.165) is 77.0 Å². The third-order valence-corrected chi connectivity index (χ3v) is 13.2. The summed E-state index contributed by atoms with van der Waals surface area (Å²) in [6, 6.07) is -0.711. The standard InChI is InChI=1S/C59H111NO5/c1-4-7-10-13-16-19-22-25-27-29-30-32-34-37-40-43-46-49-52-59(64)65-55(50-47-44-41-38-35-24-21-18-15-12-9-6-3)53-58(63)60-56(54-61)57(62)51-48-45-42-39-36-33-31-28-26-23-20-17-14-11-8-5-2/h9,12,18,21,35,38,55-57,61-62H,4-8,10-11,13-17,19-20,22-34,36-37,39-54H2,1-3H3,(H,60,63)/b12-9+,21-18+,38-35+. The molecule has 0 spiro atoms. The van der Waals surface area contributed by atoms with E-state index in [0.29, 0.717) is 19.3 Å². The zero-order valence-electron chi connectivity index (χ0n) is 43.6. The Kier molecular flexibility index (Phi) is 51.5. The smallest absolute Gasteiger partial charge is 0.306 e. The highest BCUT2D eigenvalue weighted by Crippen LogP contribution is 2.18. The van der Waals surface area contributed by atoms with Crippen LogP contribution in [0.4, 0.5) is 0 Å². The molecule has 382 valence electrons. The minimum Gasteiger partial charge on any atom is -0.462 e. The molecule has 0 saturated carbocycles. The second kappa shape index (κ2) is 53.0. The number of hydrogen-bond acceptors (Lipinski definition) is 5. The number of carbonyl (C=O) groups is 2. The van der Waals surface area contributed by atoms with E-state index in [2.05, 4.69) is 62.5 Å². The maximum Gasteiger partial charge on any atom is 0.306 e. The van der Waals surface area contributed by atoms with Crippen molar-refractivity contribution in [2.24, 2.45) is 0 Å². The van der Waals surface area contributed by atoms with Gasteiger partial charge in [-0.3, -0.25) is 9.59 Å². The summed E-state index contributed by atoms with van der Waals surface area (Å²) in [4.78, 5) is 26.2. The van der Waals surface area contributed by atoms with Gasteiger partial charge in [0.15, 0.2) is 0 Å². The molecule has 0 radical (unpaired) electrons. The quantitative estimate of drug-likeness (QED) is 0.0321. The number of aliphatic hydroxyl groups is 2. The Bertz CT molecular complexity index is 1070. The first-order chi connectivity index (χ1) is 32.0. The van der Waals surface area contributed by atoms with Gasteiger partial charge in [-0.2, -0.15) is 0 Å². The summed E-state index contributed by atoms with van der Waals surface area (Å²) >= 11 is 0. The Balaban J connectivity index is 4.48. The van der Waals surface area contributed by atoms with Crippen LogP contribution in [0.15, 0.2) is 36.5 Å². The van der Waals surface area contributed by atoms with Crippen molar-refractivity contribution in [2.75, 3.05) is 6.61 Å². The predicted molar refractivity (Wildman–Crippen MR) is 282 cm³/mol. The van der Waals surface area contributed by atoms with Crippen LogP contribution in [0, 0.1) is 0 Å². The van der Waals surface area contributed by atoms with Gasteiger partial charge in [-0.05, 0) is 57.8 Å². The van der Waals surface area contributed by atoms with Crippen molar-refractivity contribution in [1.82, 2.24) is 5.32 Å². The summed E-state index contributed by atoms with van der Waals surface area (Å²) in [6.07, 6.45) is 63.6. The van der Waals surface area contributed by atoms with Gasteiger partial charge in [-0.25, -0.2) is 0 Å². The molecular weight excluding hydrogens is 803 g/mol. The van der Waals surface area contributed by atoms with Gasteiger partial charge in [0.05, 0.1) is 25.2 Å². The van der Waals surface area contributed by atoms with E-state index in [1.54, 1.807) is 0 Å². The lowest BCUT2D eigenvalue weighted by molar-refractivity contribution is -0.151. The highest BCUT2D eigenvalue weighted by atomic mass is 16.5. The molecule has 3 atom stereocenters. The maximum atomic E-state index is 13.2. The first-order valence-corrected chi connectivity index (χ1v) is 28.7. The lowest BCUT2D eigenvalue weighted by Gasteiger charge is -2.24. The van der Waals surface area contributed by atoms with Crippen molar-refractivity contribution in [3.8, 4) is 0 Å². The van der Waals surface area contributed by atoms with E-state index in [9.17, 15) is 19.8 Å². The molecule has 0 aliphatic heterocycles. The molecule has 0 saturated heterocycles. The van der Waals surface area contributed by atoms with E-state index >= 15 is 0 Å². The van der Waals surface area contributed by atoms with Crippen molar-refractivity contribution in [2.45, 2.75) is 322 Å². The molecule has 0 rings (SSSR count). The topological polar surface area (TPSA) is 95.9 Å². The zero-order chi connectivity index (χ0) is 47.4. The second-order valence-electron chi connectivity index (χ2n) is 19.7. The molecule has 0 bridgehead atoms. The molecular formula is C59H111NO5. The zero-order valence-corrected chi connectivity index (χ0v) is 43.6. The normalized spacial score (nSPS) is 13.4. The predicted octanol–water partition coefficient (Wildman–Crippen LogP) is 17.6. The number of esters is 1. The molecule has 65 heavy (non-hydrogen) atoms. The highest BCUT2D eigenvalue weighted by molar-refractivity contribution is 5.77. The van der Waals surface area contributed by atoms with Gasteiger partial charge in [0.25, 0.3) is 0 Å². The Labute approximate surface area is 404 Å². The van der Waals surface area contributed by atoms with Crippen molar-refractivity contribution in [3.05, 3.63) is 36.5 Å². The SMILES string of the molecule is CC/C=C/C/C=C/C/C=C/CCCCC(CC(=O)NC(CO)C(O)CCCCCCCCCCCCCCCCCC)OC(=O)CCCCCCCCCCCCCCCCCCCC. The van der Waals surface area contributed by atoms with Crippen LogP contribution in [0.25, 0.3) is 0 Å². The average molecular weight is 915 g/mol. The fraction of sp³-hybridized carbons (Fsp3) is 0.864. The number of hydrogen-bond donors (Lipinski definition) is 3. The lowest BCUT2D eigenvalue weighted by atomic mass is 10.0. The molecule has 0 aromatic rings. The Morgan fingerprint density at radius 2 is 0.831 bits per heavy atom. The van der Waals surface area contributed by atoms with Crippen LogP contribution in [0.3, 0.4) is 0 Å². The number of amides is 1. The number of allylic oxidation sites excluding steroid dienone is 6. The van der Waals surface area contributed by atoms with Gasteiger partial charge < -0.3 is 20.3 Å². The van der Waals surface area contributed by atoms with Crippen LogP contribution in [0.2, 0.25) is 0 Å². The van der Waals surface area contributed by atoms with E-state index in [1.165, 1.54) is 180 Å². The van der Waals surface area contributed by atoms with Crippen molar-refractivity contribution < 1.29 is 24.5 Å². The Morgan fingerprint density at radius 1 is 0.462 bits per heavy atom. The maximum absolute atomic E-state index is 13.2. The molecule has 0 fully saturated rings. The van der Waals surface area contributed by atoms with E-state index in [4.69, 9.17) is 4.74 Å². The fourth-order valence-electron chi connectivity index (χ4n) is 8.92. The fourth-order valence-corrected chi connectivity index (χ4v) is 8.92. The minimum absolute atomic E-state index is 0.0558. The van der Waals surface area contributed by atoms with Crippen LogP contribution in [0.5, 0.6) is 0 Å².